The molecule has 0 aliphatic heterocycles. The van der Waals surface area contributed by atoms with E-state index in [2.05, 4.69) is 20.3 Å². The number of anilines is 1. The van der Waals surface area contributed by atoms with Crippen LogP contribution in [0.2, 0.25) is 0 Å². The molecule has 8 heteroatoms. The predicted octanol–water partition coefficient (Wildman–Crippen LogP) is 2.25. The molecule has 0 saturated heterocycles. The van der Waals surface area contributed by atoms with E-state index in [4.69, 9.17) is 0 Å². The molecule has 108 valence electrons. The summed E-state index contributed by atoms with van der Waals surface area (Å²) >= 11 is 0. The van der Waals surface area contributed by atoms with Crippen molar-refractivity contribution in [3.8, 4) is 0 Å². The maximum atomic E-state index is 12.8. The first-order valence-corrected chi connectivity index (χ1v) is 6.05. The molecule has 2 aromatic rings. The van der Waals surface area contributed by atoms with Crippen LogP contribution in [0.4, 0.5) is 19.1 Å². The van der Waals surface area contributed by atoms with Gasteiger partial charge in [0.25, 0.3) is 0 Å². The molecular formula is C12H14F3N5. The lowest BCUT2D eigenvalue weighted by atomic mass is 10.2. The highest BCUT2D eigenvalue weighted by Gasteiger charge is 2.33. The summed E-state index contributed by atoms with van der Waals surface area (Å²) in [6, 6.07) is 0.954. The van der Waals surface area contributed by atoms with Gasteiger partial charge in [0, 0.05) is 32.4 Å². The highest BCUT2D eigenvalue weighted by Crippen LogP contribution is 2.28. The second kappa shape index (κ2) is 5.48. The molecule has 20 heavy (non-hydrogen) atoms. The summed E-state index contributed by atoms with van der Waals surface area (Å²) in [5, 5.41) is 2.71. The molecule has 2 heterocycles. The van der Waals surface area contributed by atoms with Crippen molar-refractivity contribution < 1.29 is 13.2 Å². The molecule has 0 saturated carbocycles. The van der Waals surface area contributed by atoms with Crippen molar-refractivity contribution in [3.05, 3.63) is 35.7 Å². The zero-order valence-electron chi connectivity index (χ0n) is 11.1. The standard InChI is InChI=1S/C12H14F3N5/c1-3-16-11-18-8(6-9(19-11)12(13,14)15)7-10-17-4-5-20(10)2/h4-6H,3,7H2,1-2H3,(H,16,18,19). The van der Waals surface area contributed by atoms with Gasteiger partial charge in [0.05, 0.1) is 5.69 Å². The average molecular weight is 285 g/mol. The van der Waals surface area contributed by atoms with Gasteiger partial charge in [0.1, 0.15) is 11.5 Å². The number of nitrogens with zero attached hydrogens (tertiary/aromatic N) is 4. The van der Waals surface area contributed by atoms with Gasteiger partial charge in [0.15, 0.2) is 0 Å². The van der Waals surface area contributed by atoms with E-state index in [-0.39, 0.29) is 18.1 Å². The van der Waals surface area contributed by atoms with E-state index < -0.39 is 11.9 Å². The number of hydrogen-bond acceptors (Lipinski definition) is 4. The number of alkyl halides is 3. The van der Waals surface area contributed by atoms with E-state index >= 15 is 0 Å². The molecule has 0 aliphatic carbocycles. The molecule has 0 amide bonds. The van der Waals surface area contributed by atoms with E-state index in [0.29, 0.717) is 12.4 Å². The van der Waals surface area contributed by atoms with Gasteiger partial charge in [-0.25, -0.2) is 15.0 Å². The number of aryl methyl sites for hydroxylation is 1. The third kappa shape index (κ3) is 3.25. The molecule has 2 aromatic heterocycles. The zero-order valence-corrected chi connectivity index (χ0v) is 11.1. The minimum absolute atomic E-state index is 0.0217. The molecule has 5 nitrogen and oxygen atoms in total. The number of halogens is 3. The van der Waals surface area contributed by atoms with Crippen LogP contribution < -0.4 is 5.32 Å². The van der Waals surface area contributed by atoms with Crippen LogP contribution in [0.15, 0.2) is 18.5 Å². The van der Waals surface area contributed by atoms with Crippen LogP contribution in [0, 0.1) is 0 Å². The predicted molar refractivity (Wildman–Crippen MR) is 67.2 cm³/mol. The highest BCUT2D eigenvalue weighted by molar-refractivity contribution is 5.30. The minimum Gasteiger partial charge on any atom is -0.354 e. The van der Waals surface area contributed by atoms with Gasteiger partial charge >= 0.3 is 6.18 Å². The van der Waals surface area contributed by atoms with E-state index in [1.54, 1.807) is 30.9 Å². The van der Waals surface area contributed by atoms with Gasteiger partial charge < -0.3 is 9.88 Å². The second-order valence-electron chi connectivity index (χ2n) is 4.23. The van der Waals surface area contributed by atoms with Gasteiger partial charge in [-0.1, -0.05) is 0 Å². The lowest BCUT2D eigenvalue weighted by Gasteiger charge is -2.11. The summed E-state index contributed by atoms with van der Waals surface area (Å²) in [5.74, 6) is 0.616. The Morgan fingerprint density at radius 3 is 2.60 bits per heavy atom. The molecule has 0 aliphatic rings. The molecule has 2 rings (SSSR count). The van der Waals surface area contributed by atoms with Crippen molar-refractivity contribution in [1.82, 2.24) is 19.5 Å². The van der Waals surface area contributed by atoms with Crippen LogP contribution in [0.1, 0.15) is 24.1 Å². The molecule has 1 N–H and O–H groups in total. The monoisotopic (exact) mass is 285 g/mol. The maximum absolute atomic E-state index is 12.8. The van der Waals surface area contributed by atoms with E-state index in [9.17, 15) is 13.2 Å². The van der Waals surface area contributed by atoms with Gasteiger partial charge in [-0.3, -0.25) is 0 Å². The van der Waals surface area contributed by atoms with Crippen LogP contribution in [-0.4, -0.2) is 26.1 Å². The van der Waals surface area contributed by atoms with Crippen molar-refractivity contribution in [2.45, 2.75) is 19.5 Å². The van der Waals surface area contributed by atoms with Crippen LogP contribution in [-0.2, 0) is 19.6 Å². The largest absolute Gasteiger partial charge is 0.433 e. The Balaban J connectivity index is 2.36. The Morgan fingerprint density at radius 2 is 2.05 bits per heavy atom. The molecular weight excluding hydrogens is 271 g/mol. The highest BCUT2D eigenvalue weighted by atomic mass is 19.4. The van der Waals surface area contributed by atoms with Gasteiger partial charge in [-0.15, -0.1) is 0 Å². The summed E-state index contributed by atoms with van der Waals surface area (Å²) in [4.78, 5) is 11.6. The van der Waals surface area contributed by atoms with Crippen LogP contribution in [0.25, 0.3) is 0 Å². The zero-order chi connectivity index (χ0) is 14.8. The quantitative estimate of drug-likeness (QED) is 0.936. The molecule has 0 fully saturated rings. The van der Waals surface area contributed by atoms with Crippen molar-refractivity contribution in [1.29, 1.82) is 0 Å². The fourth-order valence-corrected chi connectivity index (χ4v) is 1.70. The van der Waals surface area contributed by atoms with Crippen molar-refractivity contribution in [3.63, 3.8) is 0 Å². The first-order valence-electron chi connectivity index (χ1n) is 6.05. The molecule has 0 radical (unpaired) electrons. The average Bonchev–Trinajstić information content (AvgIpc) is 2.74. The fourth-order valence-electron chi connectivity index (χ4n) is 1.70. The summed E-state index contributed by atoms with van der Waals surface area (Å²) in [6.07, 6.45) is -0.963. The Bertz CT molecular complexity index is 591. The number of nitrogens with one attached hydrogen (secondary N) is 1. The Hall–Kier alpha value is -2.12. The lowest BCUT2D eigenvalue weighted by molar-refractivity contribution is -0.141. The topological polar surface area (TPSA) is 55.6 Å². The van der Waals surface area contributed by atoms with Crippen LogP contribution in [0.5, 0.6) is 0 Å². The molecule has 0 spiro atoms. The maximum Gasteiger partial charge on any atom is 0.433 e. The summed E-state index contributed by atoms with van der Waals surface area (Å²) < 4.78 is 40.2. The van der Waals surface area contributed by atoms with E-state index in [1.165, 1.54) is 0 Å². The Labute approximate surface area is 113 Å². The normalized spacial score (nSPS) is 11.7. The SMILES string of the molecule is CCNc1nc(Cc2nccn2C)cc(C(F)(F)F)n1. The van der Waals surface area contributed by atoms with Gasteiger partial charge in [0.2, 0.25) is 5.95 Å². The fraction of sp³-hybridized carbons (Fsp3) is 0.417. The van der Waals surface area contributed by atoms with Crippen LogP contribution >= 0.6 is 0 Å². The summed E-state index contributed by atoms with van der Waals surface area (Å²) in [7, 11) is 1.78. The first kappa shape index (κ1) is 14.3. The second-order valence-corrected chi connectivity index (χ2v) is 4.23. The molecule has 0 unspecified atom stereocenters. The Morgan fingerprint density at radius 1 is 1.30 bits per heavy atom. The summed E-state index contributed by atoms with van der Waals surface area (Å²) in [5.41, 5.74) is -0.676. The van der Waals surface area contributed by atoms with Crippen molar-refractivity contribution >= 4 is 5.95 Å². The van der Waals surface area contributed by atoms with Crippen molar-refractivity contribution in [2.75, 3.05) is 11.9 Å². The molecule has 0 aromatic carbocycles. The number of rotatable bonds is 4. The lowest BCUT2D eigenvalue weighted by Crippen LogP contribution is -2.14. The third-order valence-electron chi connectivity index (χ3n) is 2.66. The van der Waals surface area contributed by atoms with E-state index in [0.717, 1.165) is 6.07 Å². The number of imidazole rings is 1. The number of aromatic nitrogens is 4. The van der Waals surface area contributed by atoms with Crippen molar-refractivity contribution in [2.24, 2.45) is 7.05 Å². The van der Waals surface area contributed by atoms with Gasteiger partial charge in [-0.2, -0.15) is 13.2 Å². The number of hydrogen-bond donors (Lipinski definition) is 1. The van der Waals surface area contributed by atoms with Gasteiger partial charge in [-0.05, 0) is 13.0 Å². The first-order chi connectivity index (χ1) is 9.40. The molecule has 0 atom stereocenters. The third-order valence-corrected chi connectivity index (χ3v) is 2.66. The minimum atomic E-state index is -4.50. The Kier molecular flexibility index (Phi) is 3.91. The smallest absolute Gasteiger partial charge is 0.354 e. The summed E-state index contributed by atoms with van der Waals surface area (Å²) in [6.45, 7) is 2.21. The van der Waals surface area contributed by atoms with E-state index in [1.807, 2.05) is 0 Å². The van der Waals surface area contributed by atoms with Crippen LogP contribution in [0.3, 0.4) is 0 Å². The molecule has 0 bridgehead atoms.